The molecule has 1 N–H and O–H groups in total. The van der Waals surface area contributed by atoms with Crippen LogP contribution in [0.25, 0.3) is 4.96 Å². The normalized spacial score (nSPS) is 11.1. The number of carbonyl (C=O) groups is 1. The number of hydrogen-bond acceptors (Lipinski definition) is 5. The van der Waals surface area contributed by atoms with Gasteiger partial charge in [0.15, 0.2) is 0 Å². The molecule has 0 aliphatic heterocycles. The zero-order valence-corrected chi connectivity index (χ0v) is 14.0. The molecule has 1 amide bonds. The first kappa shape index (κ1) is 15.6. The Labute approximate surface area is 140 Å². The fraction of sp³-hybridized carbons (Fsp3) is 0.200. The van der Waals surface area contributed by atoms with E-state index in [9.17, 15) is 9.59 Å². The van der Waals surface area contributed by atoms with Gasteiger partial charge in [0, 0.05) is 16.5 Å². The highest BCUT2D eigenvalue weighted by Gasteiger charge is 2.14. The molecule has 0 unspecified atom stereocenters. The summed E-state index contributed by atoms with van der Waals surface area (Å²) in [4.78, 5) is 29.3. The van der Waals surface area contributed by atoms with E-state index < -0.39 is 11.5 Å². The maximum Gasteiger partial charge on any atom is 0.298 e. The first-order chi connectivity index (χ1) is 11.0. The number of hydrogen-bond donors (Lipinski definition) is 1. The second-order valence-electron chi connectivity index (χ2n) is 5.23. The number of nitrogens with one attached hydrogen (secondary N) is 1. The lowest BCUT2D eigenvalue weighted by Crippen LogP contribution is -2.23. The van der Waals surface area contributed by atoms with Crippen molar-refractivity contribution in [1.82, 2.24) is 14.6 Å². The van der Waals surface area contributed by atoms with Crippen LogP contribution in [0.2, 0.25) is 5.02 Å². The maximum atomic E-state index is 12.4. The summed E-state index contributed by atoms with van der Waals surface area (Å²) < 4.78 is 1.22. The predicted octanol–water partition coefficient (Wildman–Crippen LogP) is 3.18. The van der Waals surface area contributed by atoms with Gasteiger partial charge in [-0.25, -0.2) is 4.98 Å². The fourth-order valence-electron chi connectivity index (χ4n) is 1.92. The molecule has 2 aromatic heterocycles. The summed E-state index contributed by atoms with van der Waals surface area (Å²) in [5.41, 5.74) is 0.0866. The molecule has 3 rings (SSSR count). The highest BCUT2D eigenvalue weighted by molar-refractivity contribution is 7.16. The number of carbonyl (C=O) groups excluding carboxylic acids is 1. The molecule has 6 nitrogen and oxygen atoms in total. The van der Waals surface area contributed by atoms with Crippen LogP contribution in [0, 0.1) is 0 Å². The Bertz CT molecular complexity index is 931. The van der Waals surface area contributed by atoms with E-state index in [-0.39, 0.29) is 11.6 Å². The van der Waals surface area contributed by atoms with Gasteiger partial charge in [-0.3, -0.25) is 9.59 Å². The van der Waals surface area contributed by atoms with Crippen molar-refractivity contribution >= 4 is 39.5 Å². The average molecular weight is 349 g/mol. The molecule has 3 aromatic rings. The molecule has 2 heterocycles. The molecule has 23 heavy (non-hydrogen) atoms. The van der Waals surface area contributed by atoms with Gasteiger partial charge in [0.05, 0.1) is 6.20 Å². The topological polar surface area (TPSA) is 76.4 Å². The number of rotatable bonds is 3. The van der Waals surface area contributed by atoms with E-state index >= 15 is 0 Å². The van der Waals surface area contributed by atoms with Crippen LogP contribution in [0.1, 0.15) is 35.1 Å². The van der Waals surface area contributed by atoms with Crippen molar-refractivity contribution in [2.24, 2.45) is 0 Å². The lowest BCUT2D eigenvalue weighted by atomic mass is 10.2. The highest BCUT2D eigenvalue weighted by atomic mass is 35.5. The number of halogens is 1. The third-order valence-electron chi connectivity index (χ3n) is 3.15. The first-order valence-corrected chi connectivity index (χ1v) is 8.11. The number of amides is 1. The Morgan fingerprint density at radius 3 is 2.65 bits per heavy atom. The van der Waals surface area contributed by atoms with Crippen LogP contribution in [0.15, 0.2) is 35.3 Å². The second kappa shape index (κ2) is 6.10. The van der Waals surface area contributed by atoms with E-state index in [1.807, 2.05) is 13.8 Å². The lowest BCUT2D eigenvalue weighted by molar-refractivity contribution is 0.102. The fourth-order valence-corrected chi connectivity index (χ4v) is 2.90. The van der Waals surface area contributed by atoms with Gasteiger partial charge in [-0.1, -0.05) is 36.8 Å². The van der Waals surface area contributed by atoms with Crippen LogP contribution >= 0.6 is 22.9 Å². The van der Waals surface area contributed by atoms with Crippen molar-refractivity contribution in [1.29, 1.82) is 0 Å². The monoisotopic (exact) mass is 348 g/mol. The van der Waals surface area contributed by atoms with E-state index in [1.165, 1.54) is 22.0 Å². The van der Waals surface area contributed by atoms with Crippen molar-refractivity contribution in [3.05, 3.63) is 56.4 Å². The van der Waals surface area contributed by atoms with Crippen LogP contribution in [-0.4, -0.2) is 20.5 Å². The molecule has 0 radical (unpaired) electrons. The molecular formula is C15H13ClN4O2S. The van der Waals surface area contributed by atoms with Crippen LogP contribution in [0.3, 0.4) is 0 Å². The smallest absolute Gasteiger partial charge is 0.298 e. The number of aromatic nitrogens is 3. The third-order valence-corrected chi connectivity index (χ3v) is 4.63. The largest absolute Gasteiger partial charge is 0.316 e. The van der Waals surface area contributed by atoms with E-state index in [2.05, 4.69) is 15.4 Å². The molecule has 0 bridgehead atoms. The quantitative estimate of drug-likeness (QED) is 0.788. The minimum Gasteiger partial charge on any atom is -0.316 e. The van der Waals surface area contributed by atoms with Crippen molar-refractivity contribution in [3.63, 3.8) is 0 Å². The summed E-state index contributed by atoms with van der Waals surface area (Å²) in [5.74, 6) is -0.201. The van der Waals surface area contributed by atoms with Gasteiger partial charge in [0.25, 0.3) is 11.5 Å². The summed E-state index contributed by atoms with van der Waals surface area (Å²) in [6.07, 6.45) is 1.35. The minimum absolute atomic E-state index is 0.0862. The van der Waals surface area contributed by atoms with Gasteiger partial charge < -0.3 is 5.32 Å². The summed E-state index contributed by atoms with van der Waals surface area (Å²) in [7, 11) is 0. The van der Waals surface area contributed by atoms with Crippen molar-refractivity contribution in [2.75, 3.05) is 5.32 Å². The molecule has 0 saturated heterocycles. The number of anilines is 1. The van der Waals surface area contributed by atoms with E-state index in [4.69, 9.17) is 11.6 Å². The second-order valence-corrected chi connectivity index (χ2v) is 6.65. The van der Waals surface area contributed by atoms with E-state index in [0.717, 1.165) is 5.01 Å². The highest BCUT2D eigenvalue weighted by Crippen LogP contribution is 2.20. The molecular weight excluding hydrogens is 336 g/mol. The zero-order chi connectivity index (χ0) is 16.6. The summed E-state index contributed by atoms with van der Waals surface area (Å²) in [5, 5.41) is 8.17. The molecule has 0 saturated carbocycles. The third kappa shape index (κ3) is 3.11. The summed E-state index contributed by atoms with van der Waals surface area (Å²) >= 11 is 7.15. The Kier molecular flexibility index (Phi) is 4.14. The van der Waals surface area contributed by atoms with Gasteiger partial charge in [0.1, 0.15) is 10.7 Å². The minimum atomic E-state index is -0.403. The summed E-state index contributed by atoms with van der Waals surface area (Å²) in [6, 6.07) is 6.39. The maximum absolute atomic E-state index is 12.4. The number of fused-ring (bicyclic) bond motifs is 1. The SMILES string of the molecule is CC(C)c1nn2c(=O)c(NC(=O)c3ccc(Cl)cc3)cnc2s1. The molecule has 0 atom stereocenters. The van der Waals surface area contributed by atoms with Gasteiger partial charge in [-0.2, -0.15) is 9.61 Å². The van der Waals surface area contributed by atoms with Gasteiger partial charge in [-0.15, -0.1) is 0 Å². The first-order valence-electron chi connectivity index (χ1n) is 6.91. The summed E-state index contributed by atoms with van der Waals surface area (Å²) in [6.45, 7) is 3.98. The lowest BCUT2D eigenvalue weighted by Gasteiger charge is -2.04. The Morgan fingerprint density at radius 2 is 2.00 bits per heavy atom. The van der Waals surface area contributed by atoms with Gasteiger partial charge in [-0.05, 0) is 24.3 Å². The predicted molar refractivity (Wildman–Crippen MR) is 90.6 cm³/mol. The van der Waals surface area contributed by atoms with Crippen LogP contribution in [0.5, 0.6) is 0 Å². The molecule has 8 heteroatoms. The van der Waals surface area contributed by atoms with Gasteiger partial charge in [0.2, 0.25) is 4.96 Å². The van der Waals surface area contributed by atoms with Gasteiger partial charge >= 0.3 is 0 Å². The van der Waals surface area contributed by atoms with Crippen molar-refractivity contribution in [2.45, 2.75) is 19.8 Å². The Hall–Kier alpha value is -2.25. The molecule has 118 valence electrons. The number of nitrogens with zero attached hydrogens (tertiary/aromatic N) is 3. The number of benzene rings is 1. The molecule has 0 spiro atoms. The van der Waals surface area contributed by atoms with E-state index in [0.29, 0.717) is 15.5 Å². The standard InChI is InChI=1S/C15H13ClN4O2S/c1-8(2)13-19-20-14(22)11(7-17-15(20)23-13)18-12(21)9-3-5-10(16)6-4-9/h3-8H,1-2H3,(H,18,21). The Morgan fingerprint density at radius 1 is 1.30 bits per heavy atom. The average Bonchev–Trinajstić information content (AvgIpc) is 2.96. The molecule has 0 fully saturated rings. The van der Waals surface area contributed by atoms with Crippen LogP contribution < -0.4 is 10.9 Å². The van der Waals surface area contributed by atoms with Crippen molar-refractivity contribution < 1.29 is 4.79 Å². The van der Waals surface area contributed by atoms with Crippen LogP contribution in [0.4, 0.5) is 5.69 Å². The van der Waals surface area contributed by atoms with Crippen molar-refractivity contribution in [3.8, 4) is 0 Å². The molecule has 0 aliphatic rings. The zero-order valence-electron chi connectivity index (χ0n) is 12.4. The molecule has 1 aromatic carbocycles. The van der Waals surface area contributed by atoms with E-state index in [1.54, 1.807) is 24.3 Å². The molecule has 0 aliphatic carbocycles. The van der Waals surface area contributed by atoms with Crippen LogP contribution in [-0.2, 0) is 0 Å². The Balaban J connectivity index is 1.94.